The highest BCUT2D eigenvalue weighted by atomic mass is 19.1. The molecule has 0 aromatic heterocycles. The Morgan fingerprint density at radius 1 is 1.19 bits per heavy atom. The van der Waals surface area contributed by atoms with Crippen LogP contribution in [0.25, 0.3) is 0 Å². The van der Waals surface area contributed by atoms with Crippen LogP contribution in [0, 0.1) is 11.9 Å². The first-order chi connectivity index (χ1) is 7.83. The van der Waals surface area contributed by atoms with Gasteiger partial charge in [-0.15, -0.1) is 0 Å². The molecule has 0 aliphatic rings. The van der Waals surface area contributed by atoms with Crippen LogP contribution in [-0.4, -0.2) is 6.61 Å². The second kappa shape index (κ2) is 8.14. The largest absolute Gasteiger partial charge is 0.493 e. The first-order valence-electron chi connectivity index (χ1n) is 6.13. The van der Waals surface area contributed by atoms with E-state index < -0.39 is 0 Å². The van der Waals surface area contributed by atoms with Gasteiger partial charge >= 0.3 is 0 Å². The Morgan fingerprint density at radius 3 is 2.69 bits per heavy atom. The average Bonchev–Trinajstić information content (AvgIpc) is 2.28. The molecule has 0 atom stereocenters. The molecule has 1 aromatic rings. The molecule has 1 rings (SSSR count). The minimum atomic E-state index is -0.361. The molecule has 0 unspecified atom stereocenters. The molecular weight excluding hydrogens is 203 g/mol. The number of hydrogen-bond donors (Lipinski definition) is 0. The van der Waals surface area contributed by atoms with Crippen molar-refractivity contribution in [2.24, 2.45) is 0 Å². The molecule has 2 heteroatoms. The van der Waals surface area contributed by atoms with E-state index in [0.717, 1.165) is 6.42 Å². The average molecular weight is 223 g/mol. The maximum atomic E-state index is 12.7. The van der Waals surface area contributed by atoms with Gasteiger partial charge in [0.15, 0.2) is 0 Å². The zero-order valence-electron chi connectivity index (χ0n) is 9.97. The van der Waals surface area contributed by atoms with Crippen LogP contribution in [0.2, 0.25) is 0 Å². The molecular formula is C14H20FO. The highest BCUT2D eigenvalue weighted by Crippen LogP contribution is 2.12. The maximum absolute atomic E-state index is 12.7. The standard InChI is InChI=1S/C14H20FO/c1-2-3-4-5-6-7-11-16-14-10-8-9-13(15)12-14/h8,10,12H,2-7,11H2,1H3. The van der Waals surface area contributed by atoms with Gasteiger partial charge in [0.25, 0.3) is 0 Å². The predicted octanol–water partition coefficient (Wildman–Crippen LogP) is 4.37. The molecule has 89 valence electrons. The third-order valence-electron chi connectivity index (χ3n) is 2.50. The van der Waals surface area contributed by atoms with Crippen molar-refractivity contribution in [2.45, 2.75) is 45.4 Å². The zero-order valence-corrected chi connectivity index (χ0v) is 9.97. The summed E-state index contributed by atoms with van der Waals surface area (Å²) in [7, 11) is 0. The van der Waals surface area contributed by atoms with Crippen molar-refractivity contribution in [2.75, 3.05) is 6.61 Å². The lowest BCUT2D eigenvalue weighted by molar-refractivity contribution is 0.303. The lowest BCUT2D eigenvalue weighted by Crippen LogP contribution is -1.97. The van der Waals surface area contributed by atoms with Crippen LogP contribution < -0.4 is 4.74 Å². The van der Waals surface area contributed by atoms with Crippen LogP contribution in [-0.2, 0) is 0 Å². The van der Waals surface area contributed by atoms with Gasteiger partial charge in [0.05, 0.1) is 6.61 Å². The van der Waals surface area contributed by atoms with E-state index in [1.807, 2.05) is 0 Å². The molecule has 1 nitrogen and oxygen atoms in total. The van der Waals surface area contributed by atoms with E-state index >= 15 is 0 Å². The molecule has 0 fully saturated rings. The zero-order chi connectivity index (χ0) is 11.6. The second-order valence-corrected chi connectivity index (χ2v) is 3.99. The molecule has 16 heavy (non-hydrogen) atoms. The topological polar surface area (TPSA) is 9.23 Å². The summed E-state index contributed by atoms with van der Waals surface area (Å²) >= 11 is 0. The Labute approximate surface area is 97.6 Å². The summed E-state index contributed by atoms with van der Waals surface area (Å²) in [5.41, 5.74) is 0. The molecule has 0 amide bonds. The fraction of sp³-hybridized carbons (Fsp3) is 0.571. The van der Waals surface area contributed by atoms with Crippen molar-refractivity contribution < 1.29 is 9.13 Å². The highest BCUT2D eigenvalue weighted by molar-refractivity contribution is 5.21. The Morgan fingerprint density at radius 2 is 1.94 bits per heavy atom. The Balaban J connectivity index is 2.03. The quantitative estimate of drug-likeness (QED) is 0.595. The number of ether oxygens (including phenoxy) is 1. The predicted molar refractivity (Wildman–Crippen MR) is 64.1 cm³/mol. The maximum Gasteiger partial charge on any atom is 0.134 e. The molecule has 1 aromatic carbocycles. The van der Waals surface area contributed by atoms with Crippen molar-refractivity contribution in [1.29, 1.82) is 0 Å². The van der Waals surface area contributed by atoms with E-state index in [2.05, 4.69) is 13.0 Å². The SMILES string of the molecule is CCCCCCCCOc1cc[c]c(F)c1. The van der Waals surface area contributed by atoms with E-state index in [1.165, 1.54) is 38.2 Å². The number of benzene rings is 1. The fourth-order valence-corrected chi connectivity index (χ4v) is 1.58. The van der Waals surface area contributed by atoms with Crippen molar-refractivity contribution in [1.82, 2.24) is 0 Å². The van der Waals surface area contributed by atoms with E-state index in [1.54, 1.807) is 12.1 Å². The fourth-order valence-electron chi connectivity index (χ4n) is 1.58. The van der Waals surface area contributed by atoms with Crippen molar-refractivity contribution in [3.63, 3.8) is 0 Å². The van der Waals surface area contributed by atoms with Gasteiger partial charge in [-0.2, -0.15) is 0 Å². The molecule has 1 radical (unpaired) electrons. The number of unbranched alkanes of at least 4 members (excludes halogenated alkanes) is 5. The molecule has 0 aliphatic carbocycles. The van der Waals surface area contributed by atoms with Gasteiger partial charge in [0, 0.05) is 12.1 Å². The lowest BCUT2D eigenvalue weighted by atomic mass is 10.1. The lowest BCUT2D eigenvalue weighted by Gasteiger charge is -2.05. The summed E-state index contributed by atoms with van der Waals surface area (Å²) in [6.07, 6.45) is 7.42. The Hall–Kier alpha value is -1.05. The smallest absolute Gasteiger partial charge is 0.134 e. The van der Waals surface area contributed by atoms with E-state index in [4.69, 9.17) is 4.74 Å². The summed E-state index contributed by atoms with van der Waals surface area (Å²) in [5.74, 6) is 0.241. The van der Waals surface area contributed by atoms with Crippen molar-refractivity contribution in [3.05, 3.63) is 30.1 Å². The minimum Gasteiger partial charge on any atom is -0.493 e. The second-order valence-electron chi connectivity index (χ2n) is 3.99. The normalized spacial score (nSPS) is 10.4. The molecule has 0 spiro atoms. The molecule has 0 aliphatic heterocycles. The van der Waals surface area contributed by atoms with Gasteiger partial charge in [-0.3, -0.25) is 0 Å². The Kier molecular flexibility index (Phi) is 6.62. The molecule has 0 saturated heterocycles. The van der Waals surface area contributed by atoms with E-state index in [-0.39, 0.29) is 5.82 Å². The molecule has 0 bridgehead atoms. The van der Waals surface area contributed by atoms with Crippen LogP contribution >= 0.6 is 0 Å². The molecule has 0 saturated carbocycles. The molecule has 0 N–H and O–H groups in total. The van der Waals surface area contributed by atoms with Gasteiger partial charge < -0.3 is 4.74 Å². The minimum absolute atomic E-state index is 0.361. The number of hydrogen-bond acceptors (Lipinski definition) is 1. The van der Waals surface area contributed by atoms with Crippen LogP contribution in [0.1, 0.15) is 45.4 Å². The highest BCUT2D eigenvalue weighted by Gasteiger charge is 1.96. The monoisotopic (exact) mass is 223 g/mol. The van der Waals surface area contributed by atoms with Crippen LogP contribution in [0.4, 0.5) is 4.39 Å². The summed E-state index contributed by atoms with van der Waals surface area (Å²) in [4.78, 5) is 0. The van der Waals surface area contributed by atoms with E-state index in [0.29, 0.717) is 12.4 Å². The summed E-state index contributed by atoms with van der Waals surface area (Å²) < 4.78 is 18.2. The first-order valence-corrected chi connectivity index (χ1v) is 6.13. The Bertz CT molecular complexity index is 286. The van der Waals surface area contributed by atoms with Crippen molar-refractivity contribution >= 4 is 0 Å². The summed E-state index contributed by atoms with van der Waals surface area (Å²) in [6, 6.07) is 7.11. The summed E-state index contributed by atoms with van der Waals surface area (Å²) in [6.45, 7) is 2.89. The van der Waals surface area contributed by atoms with E-state index in [9.17, 15) is 4.39 Å². The number of rotatable bonds is 8. The third-order valence-corrected chi connectivity index (χ3v) is 2.50. The van der Waals surface area contributed by atoms with Gasteiger partial charge in [-0.1, -0.05) is 39.0 Å². The number of halogens is 1. The van der Waals surface area contributed by atoms with Crippen LogP contribution in [0.15, 0.2) is 18.2 Å². The van der Waals surface area contributed by atoms with Crippen LogP contribution in [0.5, 0.6) is 5.75 Å². The van der Waals surface area contributed by atoms with Crippen molar-refractivity contribution in [3.8, 4) is 5.75 Å². The van der Waals surface area contributed by atoms with Crippen LogP contribution in [0.3, 0.4) is 0 Å². The van der Waals surface area contributed by atoms with Gasteiger partial charge in [-0.25, -0.2) is 4.39 Å². The summed E-state index contributed by atoms with van der Waals surface area (Å²) in [5, 5.41) is 0. The first kappa shape index (κ1) is 13.0. The van der Waals surface area contributed by atoms with Gasteiger partial charge in [0.1, 0.15) is 11.6 Å². The van der Waals surface area contributed by atoms with Gasteiger partial charge in [0.2, 0.25) is 0 Å². The molecule has 0 heterocycles. The third kappa shape index (κ3) is 5.74. The van der Waals surface area contributed by atoms with Gasteiger partial charge in [-0.05, 0) is 18.6 Å².